The van der Waals surface area contributed by atoms with Crippen LogP contribution in [0.3, 0.4) is 0 Å². The number of aromatic nitrogens is 2. The van der Waals surface area contributed by atoms with Gasteiger partial charge in [-0.3, -0.25) is 0 Å². The van der Waals surface area contributed by atoms with Gasteiger partial charge >= 0.3 is 0 Å². The van der Waals surface area contributed by atoms with E-state index in [9.17, 15) is 0 Å². The van der Waals surface area contributed by atoms with Crippen molar-refractivity contribution in [3.05, 3.63) is 47.8 Å². The maximum atomic E-state index is 8.81. The number of nitrogens with one attached hydrogen (secondary N) is 1. The molecule has 0 saturated carbocycles. The number of hydrogen-bond acceptors (Lipinski definition) is 3. The Morgan fingerprint density at radius 1 is 1.50 bits per heavy atom. The molecule has 0 atom stereocenters. The molecule has 1 N–H and O–H groups in total. The predicted octanol–water partition coefficient (Wildman–Crippen LogP) is 1.46. The molecule has 0 unspecified atom stereocenters. The Morgan fingerprint density at radius 2 is 2.38 bits per heavy atom. The summed E-state index contributed by atoms with van der Waals surface area (Å²) in [4.78, 5) is 0. The van der Waals surface area contributed by atoms with Gasteiger partial charge in [0.25, 0.3) is 0 Å². The third kappa shape index (κ3) is 2.10. The Kier molecular flexibility index (Phi) is 2.99. The zero-order valence-electron chi connectivity index (χ0n) is 9.01. The first-order valence-corrected chi connectivity index (χ1v) is 5.02. The van der Waals surface area contributed by atoms with Gasteiger partial charge in [0.05, 0.1) is 23.5 Å². The van der Waals surface area contributed by atoms with Crippen LogP contribution in [-0.4, -0.2) is 16.8 Å². The lowest BCUT2D eigenvalue weighted by molar-refractivity contribution is 0.816. The second-order valence-electron chi connectivity index (χ2n) is 3.49. The third-order valence-electron chi connectivity index (χ3n) is 2.26. The molecule has 0 bridgehead atoms. The zero-order chi connectivity index (χ0) is 11.4. The van der Waals surface area contributed by atoms with Crippen LogP contribution in [-0.2, 0) is 6.54 Å². The SMILES string of the molecule is CNCc1cnn(-c2cccc(C#N)c2)c1. The van der Waals surface area contributed by atoms with Crippen molar-refractivity contribution in [2.75, 3.05) is 7.05 Å². The monoisotopic (exact) mass is 212 g/mol. The van der Waals surface area contributed by atoms with Gasteiger partial charge in [0, 0.05) is 18.3 Å². The largest absolute Gasteiger partial charge is 0.316 e. The maximum absolute atomic E-state index is 8.81. The van der Waals surface area contributed by atoms with E-state index >= 15 is 0 Å². The van der Waals surface area contributed by atoms with Crippen LogP contribution >= 0.6 is 0 Å². The molecule has 0 saturated heterocycles. The minimum absolute atomic E-state index is 0.642. The molecule has 0 fully saturated rings. The highest BCUT2D eigenvalue weighted by molar-refractivity contribution is 5.40. The highest BCUT2D eigenvalue weighted by atomic mass is 15.3. The van der Waals surface area contributed by atoms with E-state index < -0.39 is 0 Å². The van der Waals surface area contributed by atoms with E-state index in [1.165, 1.54) is 0 Å². The zero-order valence-corrected chi connectivity index (χ0v) is 9.01. The fourth-order valence-corrected chi connectivity index (χ4v) is 1.51. The molecule has 0 aliphatic heterocycles. The highest BCUT2D eigenvalue weighted by Gasteiger charge is 2.00. The molecule has 4 nitrogen and oxygen atoms in total. The average molecular weight is 212 g/mol. The van der Waals surface area contributed by atoms with Gasteiger partial charge in [-0.2, -0.15) is 10.4 Å². The van der Waals surface area contributed by atoms with E-state index in [4.69, 9.17) is 5.26 Å². The summed E-state index contributed by atoms with van der Waals surface area (Å²) < 4.78 is 1.77. The van der Waals surface area contributed by atoms with Crippen LogP contribution in [0.2, 0.25) is 0 Å². The molecule has 0 aliphatic carbocycles. The number of nitrogens with zero attached hydrogens (tertiary/aromatic N) is 3. The summed E-state index contributed by atoms with van der Waals surface area (Å²) in [6, 6.07) is 9.49. The molecular formula is C12H12N4. The molecule has 80 valence electrons. The lowest BCUT2D eigenvalue weighted by atomic mass is 10.2. The number of rotatable bonds is 3. The van der Waals surface area contributed by atoms with Crippen LogP contribution in [0.1, 0.15) is 11.1 Å². The van der Waals surface area contributed by atoms with Crippen molar-refractivity contribution in [1.29, 1.82) is 5.26 Å². The Morgan fingerprint density at radius 3 is 3.12 bits per heavy atom. The Hall–Kier alpha value is -2.12. The fraction of sp³-hybridized carbons (Fsp3) is 0.167. The van der Waals surface area contributed by atoms with Crippen molar-refractivity contribution in [2.24, 2.45) is 0 Å². The standard InChI is InChI=1S/C12H12N4/c1-14-7-11-8-15-16(9-11)12-4-2-3-10(5-12)6-13/h2-5,8-9,14H,7H2,1H3. The quantitative estimate of drug-likeness (QED) is 0.838. The first-order chi connectivity index (χ1) is 7.83. The van der Waals surface area contributed by atoms with Gasteiger partial charge in [0.15, 0.2) is 0 Å². The average Bonchev–Trinajstić information content (AvgIpc) is 2.78. The van der Waals surface area contributed by atoms with Gasteiger partial charge in [0.2, 0.25) is 0 Å². The molecule has 1 heterocycles. The maximum Gasteiger partial charge on any atom is 0.0992 e. The summed E-state index contributed by atoms with van der Waals surface area (Å²) in [6.45, 7) is 0.790. The number of benzene rings is 1. The van der Waals surface area contributed by atoms with E-state index in [2.05, 4.69) is 16.5 Å². The minimum atomic E-state index is 0.642. The molecule has 2 aromatic rings. The summed E-state index contributed by atoms with van der Waals surface area (Å²) in [7, 11) is 1.90. The first-order valence-electron chi connectivity index (χ1n) is 5.02. The van der Waals surface area contributed by atoms with Crippen molar-refractivity contribution in [3.63, 3.8) is 0 Å². The van der Waals surface area contributed by atoms with Gasteiger partial charge in [-0.25, -0.2) is 4.68 Å². The second kappa shape index (κ2) is 4.60. The third-order valence-corrected chi connectivity index (χ3v) is 2.26. The van der Waals surface area contributed by atoms with Crippen molar-refractivity contribution >= 4 is 0 Å². The number of nitriles is 1. The summed E-state index contributed by atoms with van der Waals surface area (Å²) in [5.41, 5.74) is 2.66. The Labute approximate surface area is 94.1 Å². The van der Waals surface area contributed by atoms with Gasteiger partial charge in [-0.15, -0.1) is 0 Å². The number of hydrogen-bond donors (Lipinski definition) is 1. The van der Waals surface area contributed by atoms with E-state index in [-0.39, 0.29) is 0 Å². The summed E-state index contributed by atoms with van der Waals surface area (Å²) >= 11 is 0. The minimum Gasteiger partial charge on any atom is -0.316 e. The molecule has 0 spiro atoms. The lowest BCUT2D eigenvalue weighted by Crippen LogP contribution is -2.03. The fourth-order valence-electron chi connectivity index (χ4n) is 1.51. The molecule has 1 aromatic carbocycles. The topological polar surface area (TPSA) is 53.6 Å². The van der Waals surface area contributed by atoms with Crippen LogP contribution in [0.4, 0.5) is 0 Å². The first kappa shape index (κ1) is 10.4. The molecule has 0 amide bonds. The normalized spacial score (nSPS) is 10.0. The summed E-state index contributed by atoms with van der Waals surface area (Å²) in [5.74, 6) is 0. The molecule has 1 aromatic heterocycles. The van der Waals surface area contributed by atoms with Crippen molar-refractivity contribution in [1.82, 2.24) is 15.1 Å². The molecule has 2 rings (SSSR count). The molecular weight excluding hydrogens is 200 g/mol. The van der Waals surface area contributed by atoms with E-state index in [0.717, 1.165) is 17.8 Å². The van der Waals surface area contributed by atoms with E-state index in [0.29, 0.717) is 5.56 Å². The smallest absolute Gasteiger partial charge is 0.0992 e. The van der Waals surface area contributed by atoms with Crippen LogP contribution in [0.25, 0.3) is 5.69 Å². The Bertz CT molecular complexity index is 522. The van der Waals surface area contributed by atoms with Crippen LogP contribution in [0, 0.1) is 11.3 Å². The lowest BCUT2D eigenvalue weighted by Gasteiger charge is -2.00. The molecule has 0 radical (unpaired) electrons. The van der Waals surface area contributed by atoms with Crippen molar-refractivity contribution in [3.8, 4) is 11.8 Å². The predicted molar refractivity (Wildman–Crippen MR) is 61.0 cm³/mol. The van der Waals surface area contributed by atoms with Gasteiger partial charge in [-0.05, 0) is 25.2 Å². The highest BCUT2D eigenvalue weighted by Crippen LogP contribution is 2.10. The van der Waals surface area contributed by atoms with Gasteiger partial charge in [0.1, 0.15) is 0 Å². The van der Waals surface area contributed by atoms with E-state index in [1.54, 1.807) is 10.7 Å². The molecule has 16 heavy (non-hydrogen) atoms. The molecule has 4 heteroatoms. The van der Waals surface area contributed by atoms with Crippen molar-refractivity contribution < 1.29 is 0 Å². The van der Waals surface area contributed by atoms with Crippen LogP contribution < -0.4 is 5.32 Å². The summed E-state index contributed by atoms with van der Waals surface area (Å²) in [6.07, 6.45) is 3.77. The van der Waals surface area contributed by atoms with Gasteiger partial charge in [-0.1, -0.05) is 6.07 Å². The van der Waals surface area contributed by atoms with Crippen LogP contribution in [0.5, 0.6) is 0 Å². The second-order valence-corrected chi connectivity index (χ2v) is 3.49. The van der Waals surface area contributed by atoms with Gasteiger partial charge < -0.3 is 5.32 Å². The van der Waals surface area contributed by atoms with Crippen molar-refractivity contribution in [2.45, 2.75) is 6.54 Å². The van der Waals surface area contributed by atoms with Crippen LogP contribution in [0.15, 0.2) is 36.7 Å². The summed E-state index contributed by atoms with van der Waals surface area (Å²) in [5, 5.41) is 16.1. The molecule has 0 aliphatic rings. The Balaban J connectivity index is 2.32. The van der Waals surface area contributed by atoms with E-state index in [1.807, 2.05) is 37.6 Å².